The van der Waals surface area contributed by atoms with Gasteiger partial charge in [0.2, 0.25) is 0 Å². The number of fused-ring (bicyclic) bond motifs is 1. The van der Waals surface area contributed by atoms with Gasteiger partial charge < -0.3 is 28.7 Å². The lowest BCUT2D eigenvalue weighted by molar-refractivity contribution is 0.347. The smallest absolute Gasteiger partial charge is 0.164 e. The maximum absolute atomic E-state index is 5.79. The Morgan fingerprint density at radius 3 is 1.84 bits per heavy atom. The number of aromatic amines is 1. The molecule has 32 heavy (non-hydrogen) atoms. The summed E-state index contributed by atoms with van der Waals surface area (Å²) < 4.78 is 27.8. The molecule has 0 saturated carbocycles. The molecule has 0 aliphatic heterocycles. The molecule has 3 aromatic carbocycles. The normalized spacial score (nSPS) is 11.8. The summed E-state index contributed by atoms with van der Waals surface area (Å²) >= 11 is 0. The minimum atomic E-state index is -0.142. The summed E-state index contributed by atoms with van der Waals surface area (Å²) in [5, 5.41) is 1.07. The van der Waals surface area contributed by atoms with Crippen molar-refractivity contribution in [1.29, 1.82) is 0 Å². The van der Waals surface area contributed by atoms with Crippen molar-refractivity contribution in [3.05, 3.63) is 77.5 Å². The van der Waals surface area contributed by atoms with Crippen LogP contribution in [0.1, 0.15) is 22.6 Å². The van der Waals surface area contributed by atoms with Crippen LogP contribution >= 0.6 is 0 Å². The monoisotopic (exact) mass is 433 g/mol. The van der Waals surface area contributed by atoms with Gasteiger partial charge in [-0.1, -0.05) is 12.1 Å². The number of hydrogen-bond donors (Lipinski definition) is 1. The van der Waals surface area contributed by atoms with Crippen LogP contribution in [-0.4, -0.2) is 40.5 Å². The van der Waals surface area contributed by atoms with Gasteiger partial charge in [0.05, 0.1) is 35.5 Å². The summed E-state index contributed by atoms with van der Waals surface area (Å²) in [5.41, 5.74) is 4.16. The third kappa shape index (κ3) is 3.80. The van der Waals surface area contributed by atoms with E-state index in [1.165, 1.54) is 0 Å². The number of methoxy groups -OCH3 is 5. The summed E-state index contributed by atoms with van der Waals surface area (Å²) in [6, 6.07) is 17.9. The third-order valence-electron chi connectivity index (χ3n) is 5.73. The van der Waals surface area contributed by atoms with Gasteiger partial charge in [0.1, 0.15) is 17.2 Å². The SMILES string of the molecule is COc1ccc(C(c2cc(OC)c(OC)cc2OC)c2c[nH]c3ccc(OC)cc23)cc1. The molecule has 4 rings (SSSR count). The van der Waals surface area contributed by atoms with Crippen molar-refractivity contribution >= 4 is 10.9 Å². The van der Waals surface area contributed by atoms with Crippen LogP contribution in [0.2, 0.25) is 0 Å². The second-order valence-electron chi connectivity index (χ2n) is 7.31. The minimum Gasteiger partial charge on any atom is -0.497 e. The lowest BCUT2D eigenvalue weighted by Gasteiger charge is -2.22. The second-order valence-corrected chi connectivity index (χ2v) is 7.31. The van der Waals surface area contributed by atoms with Crippen molar-refractivity contribution < 1.29 is 23.7 Å². The van der Waals surface area contributed by atoms with E-state index in [2.05, 4.69) is 17.1 Å². The van der Waals surface area contributed by atoms with Crippen LogP contribution in [0.3, 0.4) is 0 Å². The highest BCUT2D eigenvalue weighted by Crippen LogP contribution is 2.45. The van der Waals surface area contributed by atoms with E-state index in [1.807, 2.05) is 48.7 Å². The number of hydrogen-bond acceptors (Lipinski definition) is 5. The van der Waals surface area contributed by atoms with Gasteiger partial charge in [-0.3, -0.25) is 0 Å². The molecule has 1 unspecified atom stereocenters. The number of ether oxygens (including phenoxy) is 5. The predicted molar refractivity (Wildman–Crippen MR) is 125 cm³/mol. The van der Waals surface area contributed by atoms with Crippen molar-refractivity contribution in [2.24, 2.45) is 0 Å². The molecule has 1 atom stereocenters. The van der Waals surface area contributed by atoms with E-state index >= 15 is 0 Å². The highest BCUT2D eigenvalue weighted by Gasteiger charge is 2.26. The lowest BCUT2D eigenvalue weighted by atomic mass is 9.84. The first-order valence-electron chi connectivity index (χ1n) is 10.2. The number of nitrogens with one attached hydrogen (secondary N) is 1. The molecule has 1 aromatic heterocycles. The van der Waals surface area contributed by atoms with Gasteiger partial charge in [0.15, 0.2) is 11.5 Å². The molecule has 1 heterocycles. The van der Waals surface area contributed by atoms with Crippen molar-refractivity contribution in [3.63, 3.8) is 0 Å². The molecule has 6 nitrogen and oxygen atoms in total. The van der Waals surface area contributed by atoms with E-state index in [1.54, 1.807) is 35.5 Å². The van der Waals surface area contributed by atoms with Crippen LogP contribution in [-0.2, 0) is 0 Å². The van der Waals surface area contributed by atoms with E-state index in [-0.39, 0.29) is 5.92 Å². The van der Waals surface area contributed by atoms with Gasteiger partial charge in [-0.25, -0.2) is 0 Å². The van der Waals surface area contributed by atoms with Crippen molar-refractivity contribution in [2.45, 2.75) is 5.92 Å². The van der Waals surface area contributed by atoms with Crippen molar-refractivity contribution in [1.82, 2.24) is 4.98 Å². The number of aromatic nitrogens is 1. The Kier molecular flexibility index (Phi) is 6.12. The molecule has 0 radical (unpaired) electrons. The lowest BCUT2D eigenvalue weighted by Crippen LogP contribution is -2.06. The van der Waals surface area contributed by atoms with Crippen LogP contribution in [0.15, 0.2) is 60.8 Å². The fraction of sp³-hybridized carbons (Fsp3) is 0.231. The molecule has 0 spiro atoms. The Morgan fingerprint density at radius 1 is 0.594 bits per heavy atom. The van der Waals surface area contributed by atoms with E-state index in [0.717, 1.165) is 39.1 Å². The standard InChI is InChI=1S/C26H27NO5/c1-28-17-8-6-16(7-9-17)26(20-13-24(31-4)25(32-5)14-23(20)30-3)21-15-27-22-11-10-18(29-2)12-19(21)22/h6-15,26-27H,1-5H3. The molecule has 4 aromatic rings. The van der Waals surface area contributed by atoms with Crippen molar-refractivity contribution in [2.75, 3.05) is 35.5 Å². The number of benzene rings is 3. The first-order chi connectivity index (χ1) is 15.6. The summed E-state index contributed by atoms with van der Waals surface area (Å²) in [6.07, 6.45) is 2.04. The van der Waals surface area contributed by atoms with Crippen LogP contribution in [0.4, 0.5) is 0 Å². The van der Waals surface area contributed by atoms with Gasteiger partial charge in [-0.2, -0.15) is 0 Å². The Balaban J connectivity index is 1.99. The first-order valence-corrected chi connectivity index (χ1v) is 10.2. The molecule has 0 aliphatic carbocycles. The Hall–Kier alpha value is -3.80. The average Bonchev–Trinajstić information content (AvgIpc) is 3.27. The summed E-state index contributed by atoms with van der Waals surface area (Å²) in [4.78, 5) is 3.39. The van der Waals surface area contributed by atoms with Gasteiger partial charge >= 0.3 is 0 Å². The molecule has 0 aliphatic rings. The first kappa shape index (κ1) is 21.4. The number of rotatable bonds is 8. The quantitative estimate of drug-likeness (QED) is 0.404. The molecule has 0 saturated heterocycles. The fourth-order valence-corrected chi connectivity index (χ4v) is 4.09. The highest BCUT2D eigenvalue weighted by molar-refractivity contribution is 5.86. The van der Waals surface area contributed by atoms with Crippen LogP contribution in [0, 0.1) is 0 Å². The molecular formula is C26H27NO5. The van der Waals surface area contributed by atoms with Crippen LogP contribution < -0.4 is 23.7 Å². The van der Waals surface area contributed by atoms with E-state index < -0.39 is 0 Å². The van der Waals surface area contributed by atoms with Gasteiger partial charge in [-0.15, -0.1) is 0 Å². The summed E-state index contributed by atoms with van der Waals surface area (Å²) in [5.74, 6) is 3.41. The minimum absolute atomic E-state index is 0.142. The Bertz CT molecular complexity index is 1210. The molecule has 6 heteroatoms. The molecule has 0 fully saturated rings. The Labute approximate surface area is 187 Å². The largest absolute Gasteiger partial charge is 0.497 e. The maximum atomic E-state index is 5.79. The topological polar surface area (TPSA) is 61.9 Å². The van der Waals surface area contributed by atoms with E-state index in [0.29, 0.717) is 17.2 Å². The van der Waals surface area contributed by atoms with E-state index in [4.69, 9.17) is 23.7 Å². The van der Waals surface area contributed by atoms with E-state index in [9.17, 15) is 0 Å². The predicted octanol–water partition coefficient (Wildman–Crippen LogP) is 5.39. The molecule has 0 amide bonds. The fourth-order valence-electron chi connectivity index (χ4n) is 4.09. The number of H-pyrrole nitrogens is 1. The third-order valence-corrected chi connectivity index (χ3v) is 5.73. The van der Waals surface area contributed by atoms with Crippen molar-refractivity contribution in [3.8, 4) is 28.7 Å². The van der Waals surface area contributed by atoms with Gasteiger partial charge in [-0.05, 0) is 47.5 Å². The summed E-state index contributed by atoms with van der Waals surface area (Å²) in [6.45, 7) is 0. The van der Waals surface area contributed by atoms with Crippen LogP contribution in [0.25, 0.3) is 10.9 Å². The summed E-state index contributed by atoms with van der Waals surface area (Å²) in [7, 11) is 8.24. The maximum Gasteiger partial charge on any atom is 0.164 e. The highest BCUT2D eigenvalue weighted by atomic mass is 16.5. The zero-order valence-electron chi connectivity index (χ0n) is 18.9. The molecule has 1 N–H and O–H groups in total. The second kappa shape index (κ2) is 9.14. The van der Waals surface area contributed by atoms with Crippen LogP contribution in [0.5, 0.6) is 28.7 Å². The Morgan fingerprint density at radius 2 is 1.22 bits per heavy atom. The molecule has 166 valence electrons. The average molecular weight is 434 g/mol. The van der Waals surface area contributed by atoms with Gasteiger partial charge in [0, 0.05) is 34.6 Å². The van der Waals surface area contributed by atoms with Gasteiger partial charge in [0.25, 0.3) is 0 Å². The zero-order valence-corrected chi connectivity index (χ0v) is 18.9. The molecular weight excluding hydrogens is 406 g/mol. The molecule has 0 bridgehead atoms. The zero-order chi connectivity index (χ0) is 22.7.